The van der Waals surface area contributed by atoms with E-state index in [1.165, 1.54) is 70.4 Å². The van der Waals surface area contributed by atoms with Gasteiger partial charge >= 0.3 is 10.1 Å². The van der Waals surface area contributed by atoms with Gasteiger partial charge in [-0.05, 0) is 103 Å². The normalized spacial score (nSPS) is 13.6. The molecular weight excluding hydrogens is 1330 g/mol. The van der Waals surface area contributed by atoms with Crippen LogP contribution in [0.3, 0.4) is 0 Å². The Morgan fingerprint density at radius 1 is 0.352 bits per heavy atom. The maximum Gasteiger partial charge on any atom is 0.324 e. The summed E-state index contributed by atoms with van der Waals surface area (Å²) in [7, 11) is -15.9. The zero-order valence-corrected chi connectivity index (χ0v) is 55.0. The lowest BCUT2D eigenvalue weighted by Gasteiger charge is -2.24. The van der Waals surface area contributed by atoms with Crippen LogP contribution < -0.4 is 20.8 Å². The van der Waals surface area contributed by atoms with Crippen molar-refractivity contribution in [3.63, 3.8) is 0 Å². The zero-order valence-electron chi connectivity index (χ0n) is 49.3. The molecule has 7 aromatic carbocycles. The van der Waals surface area contributed by atoms with Crippen molar-refractivity contribution in [3.8, 4) is 0 Å². The molecule has 0 aliphatic carbocycles. The number of carbonyl (C=O) groups excluding carboxylic acids is 6. The van der Waals surface area contributed by atoms with Crippen LogP contribution in [-0.2, 0) is 53.3 Å². The molecule has 474 valence electrons. The number of benzene rings is 7. The SMILES string of the molecule is CC.CC.CS(=O)(=O)ON1C(=O)c2cccc3cccc(c23)C1=O.CS(=O)(=O)ON1C(=O)c2ccccc2C1=O.CS(=O)(=O)On1c(=O)c2cc3sc4ccccc4sc3cc2c1=O.Cc1cc2sc3c4c(ccc3c(=O)c2cc1C)C(=O)N(OS(C)(=O)=O)C4=O. The Morgan fingerprint density at radius 3 is 1.18 bits per heavy atom. The highest BCUT2D eigenvalue weighted by Gasteiger charge is 2.42. The van der Waals surface area contributed by atoms with Gasteiger partial charge in [-0.3, -0.25) is 47.4 Å². The van der Waals surface area contributed by atoms with Crippen LogP contribution in [0.4, 0.5) is 0 Å². The van der Waals surface area contributed by atoms with Crippen LogP contribution in [0, 0.1) is 13.8 Å². The second kappa shape index (κ2) is 26.2. The van der Waals surface area contributed by atoms with E-state index in [1.54, 1.807) is 48.5 Å². The largest absolute Gasteiger partial charge is 0.324 e. The van der Waals surface area contributed by atoms with Crippen molar-refractivity contribution in [1.29, 1.82) is 0 Å². The van der Waals surface area contributed by atoms with Gasteiger partial charge in [0.2, 0.25) is 0 Å². The summed E-state index contributed by atoms with van der Waals surface area (Å²) >= 11 is 4.22. The minimum absolute atomic E-state index is 0.00924. The average molecular weight is 1380 g/mol. The zero-order chi connectivity index (χ0) is 67.1. The van der Waals surface area contributed by atoms with Crippen molar-refractivity contribution in [3.05, 3.63) is 197 Å². The van der Waals surface area contributed by atoms with Gasteiger partial charge in [-0.2, -0.15) is 33.7 Å². The Hall–Kier alpha value is -8.83. The predicted molar refractivity (Wildman–Crippen MR) is 344 cm³/mol. The van der Waals surface area contributed by atoms with Gasteiger partial charge in [-0.1, -0.05) is 81.0 Å². The quantitative estimate of drug-likeness (QED) is 0.102. The third kappa shape index (κ3) is 14.1. The molecule has 6 amide bonds. The van der Waals surface area contributed by atoms with Crippen LogP contribution in [0.15, 0.2) is 136 Å². The van der Waals surface area contributed by atoms with Crippen LogP contribution in [0.25, 0.3) is 60.5 Å². The third-order valence-corrected chi connectivity index (χ3v) is 18.2. The minimum atomic E-state index is -4.07. The summed E-state index contributed by atoms with van der Waals surface area (Å²) in [5, 5.41) is 3.14. The van der Waals surface area contributed by atoms with Crippen LogP contribution in [0.2, 0.25) is 0 Å². The molecule has 10 aromatic rings. The highest BCUT2D eigenvalue weighted by molar-refractivity contribution is 7.86. The average Bonchev–Trinajstić information content (AvgIpc) is 1.72. The second-order valence-electron chi connectivity index (χ2n) is 19.2. The Labute approximate surface area is 529 Å². The fourth-order valence-corrected chi connectivity index (χ4v) is 14.3. The molecule has 32 heteroatoms. The molecule has 6 heterocycles. The highest BCUT2D eigenvalue weighted by atomic mass is 32.2. The van der Waals surface area contributed by atoms with Gasteiger partial charge < -0.3 is 0 Å². The molecule has 0 N–H and O–H groups in total. The van der Waals surface area contributed by atoms with Crippen molar-refractivity contribution in [1.82, 2.24) is 19.9 Å². The number of rotatable bonds is 8. The van der Waals surface area contributed by atoms with E-state index in [4.69, 9.17) is 0 Å². The van der Waals surface area contributed by atoms with Crippen LogP contribution in [0.1, 0.15) is 101 Å². The molecular formula is C59H50N4O21S7. The summed E-state index contributed by atoms with van der Waals surface area (Å²) in [4.78, 5) is 110. The molecule has 0 fully saturated rings. The second-order valence-corrected chi connectivity index (χ2v) is 28.7. The lowest BCUT2D eigenvalue weighted by atomic mass is 9.95. The molecule has 0 radical (unpaired) electrons. The number of hydroxylamine groups is 6. The van der Waals surface area contributed by atoms with Gasteiger partial charge in [0.1, 0.15) is 0 Å². The van der Waals surface area contributed by atoms with E-state index in [1.807, 2.05) is 77.9 Å². The molecule has 0 saturated carbocycles. The van der Waals surface area contributed by atoms with Gasteiger partial charge in [-0.15, -0.1) is 62.1 Å². The molecule has 0 atom stereocenters. The summed E-state index contributed by atoms with van der Waals surface area (Å²) in [6.07, 6.45) is 3.06. The lowest BCUT2D eigenvalue weighted by molar-refractivity contribution is -0.0150. The lowest BCUT2D eigenvalue weighted by Crippen LogP contribution is -2.41. The summed E-state index contributed by atoms with van der Waals surface area (Å²) < 4.78 is 112. The van der Waals surface area contributed by atoms with E-state index < -0.39 is 87.0 Å². The number of nitrogens with zero attached hydrogens (tertiary/aromatic N) is 4. The number of hydrogen-bond acceptors (Lipinski definition) is 24. The molecule has 3 aliphatic rings. The van der Waals surface area contributed by atoms with Gasteiger partial charge in [0.05, 0.1) is 73.9 Å². The van der Waals surface area contributed by atoms with Crippen LogP contribution in [0.5, 0.6) is 0 Å². The van der Waals surface area contributed by atoms with E-state index in [-0.39, 0.29) is 64.8 Å². The van der Waals surface area contributed by atoms with Gasteiger partial charge in [-0.25, -0.2) is 0 Å². The third-order valence-electron chi connectivity index (χ3n) is 12.8. The number of carbonyl (C=O) groups is 6. The molecule has 91 heavy (non-hydrogen) atoms. The topological polar surface area (TPSA) is 342 Å². The summed E-state index contributed by atoms with van der Waals surface area (Å²) in [6.45, 7) is 11.8. The first kappa shape index (κ1) is 68.1. The Bertz CT molecular complexity index is 5270. The Morgan fingerprint density at radius 2 is 0.736 bits per heavy atom. The van der Waals surface area contributed by atoms with Crippen molar-refractivity contribution >= 4 is 170 Å². The molecule has 0 spiro atoms. The number of hydrogen-bond donors (Lipinski definition) is 0. The molecule has 0 saturated heterocycles. The maximum atomic E-state index is 12.9. The van der Waals surface area contributed by atoms with Gasteiger partial charge in [0, 0.05) is 39.7 Å². The maximum absolute atomic E-state index is 12.9. The number of fused-ring (bicyclic) bond motifs is 8. The van der Waals surface area contributed by atoms with Crippen molar-refractivity contribution in [2.45, 2.75) is 41.5 Å². The highest BCUT2D eigenvalue weighted by Crippen LogP contribution is 2.37. The summed E-state index contributed by atoms with van der Waals surface area (Å²) in [5.74, 6) is -4.89. The summed E-state index contributed by atoms with van der Waals surface area (Å²) in [5.41, 5.74) is 0.932. The van der Waals surface area contributed by atoms with E-state index in [2.05, 4.69) is 17.1 Å². The minimum Gasteiger partial charge on any atom is -0.289 e. The fourth-order valence-electron chi connectivity index (χ4n) is 9.10. The smallest absolute Gasteiger partial charge is 0.289 e. The van der Waals surface area contributed by atoms with Crippen molar-refractivity contribution in [2.75, 3.05) is 25.0 Å². The molecule has 25 nitrogen and oxygen atoms in total. The van der Waals surface area contributed by atoms with Gasteiger partial charge in [0.15, 0.2) is 5.43 Å². The fraction of sp³-hybridized carbons (Fsp3) is 0.169. The van der Waals surface area contributed by atoms with Crippen LogP contribution >= 0.6 is 34.0 Å². The molecule has 3 aliphatic heterocycles. The van der Waals surface area contributed by atoms with E-state index in [0.29, 0.717) is 30.3 Å². The first-order chi connectivity index (χ1) is 42.7. The van der Waals surface area contributed by atoms with Crippen molar-refractivity contribution in [2.24, 2.45) is 0 Å². The molecule has 0 unspecified atom stereocenters. The Kier molecular flexibility index (Phi) is 19.6. The first-order valence-electron chi connectivity index (χ1n) is 26.6. The van der Waals surface area contributed by atoms with E-state index in [0.717, 1.165) is 60.3 Å². The van der Waals surface area contributed by atoms with E-state index in [9.17, 15) is 76.8 Å². The number of amides is 6. The number of aromatic nitrogens is 1. The predicted octanol–water partition coefficient (Wildman–Crippen LogP) is 8.25. The van der Waals surface area contributed by atoms with E-state index >= 15 is 0 Å². The van der Waals surface area contributed by atoms with Gasteiger partial charge in [0.25, 0.3) is 76.9 Å². The molecule has 13 rings (SSSR count). The molecule has 0 bridgehead atoms. The first-order valence-corrected chi connectivity index (χ1v) is 36.3. The number of aryl methyl sites for hydroxylation is 2. The molecule has 3 aromatic heterocycles. The van der Waals surface area contributed by atoms with Crippen molar-refractivity contribution < 1.29 is 79.6 Å². The standard InChI is InChI=1S/C18H13NO6S2.C15H9NO5S3.C13H9NO5S.C9H7NO5S.2C2H6/c1-8-6-12-13(7-9(8)2)26-16-11(15(12)20)5-4-10-14(16)18(22)19(17(10)21)25-27(3,23)24;1-24(19,20)21-16-14(17)8-6-12-13(7-9(8)15(16)18)23-11-5-3-2-4-10(11)22-12;1-20(17,18)19-14-12(15)9-6-2-4-8-5-3-7-10(11(8)9)13(14)16;1-16(13,14)15-10-8(11)6-4-2-3-5-7(6)9(10)12;2*1-2/h4-7H,1-3H3;2-7H,1H3;2-7H,1H3;2-5H,1H3;2*1-2H3. The number of imide groups is 3. The Balaban J connectivity index is 0.000000156. The monoisotopic (exact) mass is 1370 g/mol. The summed E-state index contributed by atoms with van der Waals surface area (Å²) in [6, 6.07) is 33.5. The van der Waals surface area contributed by atoms with Crippen LogP contribution in [-0.4, -0.2) is 114 Å².